The molecule has 0 aliphatic rings. The molecular formula is C12H20. The van der Waals surface area contributed by atoms with Gasteiger partial charge in [0.15, 0.2) is 0 Å². The second kappa shape index (κ2) is 6.90. The average molecular weight is 164 g/mol. The van der Waals surface area contributed by atoms with Gasteiger partial charge in [-0.05, 0) is 25.3 Å². The van der Waals surface area contributed by atoms with Gasteiger partial charge in [-0.2, -0.15) is 0 Å². The van der Waals surface area contributed by atoms with Gasteiger partial charge >= 0.3 is 0 Å². The fourth-order valence-corrected chi connectivity index (χ4v) is 1.03. The van der Waals surface area contributed by atoms with Crippen molar-refractivity contribution >= 4 is 0 Å². The minimum atomic E-state index is 1.10. The molecule has 0 saturated heterocycles. The summed E-state index contributed by atoms with van der Waals surface area (Å²) in [7, 11) is 0. The molecule has 0 aromatic carbocycles. The van der Waals surface area contributed by atoms with E-state index in [0.717, 1.165) is 12.8 Å². The van der Waals surface area contributed by atoms with Crippen LogP contribution in [0, 0.1) is 0 Å². The van der Waals surface area contributed by atoms with Crippen LogP contribution in [-0.2, 0) is 0 Å². The van der Waals surface area contributed by atoms with Crippen LogP contribution in [0.15, 0.2) is 36.0 Å². The molecule has 0 amide bonds. The molecule has 12 heavy (non-hydrogen) atoms. The smallest absolute Gasteiger partial charge is 0.0279 e. The van der Waals surface area contributed by atoms with Crippen molar-refractivity contribution in [1.29, 1.82) is 0 Å². The topological polar surface area (TPSA) is 0 Å². The summed E-state index contributed by atoms with van der Waals surface area (Å²) >= 11 is 0. The van der Waals surface area contributed by atoms with Crippen molar-refractivity contribution in [2.75, 3.05) is 0 Å². The molecule has 0 atom stereocenters. The first-order chi connectivity index (χ1) is 5.72. The lowest BCUT2D eigenvalue weighted by atomic mass is 10.0. The van der Waals surface area contributed by atoms with Gasteiger partial charge < -0.3 is 0 Å². The molecule has 0 fully saturated rings. The van der Waals surface area contributed by atoms with Crippen molar-refractivity contribution in [3.05, 3.63) is 36.0 Å². The van der Waals surface area contributed by atoms with Crippen LogP contribution in [0.3, 0.4) is 0 Å². The highest BCUT2D eigenvalue weighted by Gasteiger charge is 1.93. The zero-order chi connectivity index (χ0) is 9.40. The van der Waals surface area contributed by atoms with Crippen LogP contribution in [0.5, 0.6) is 0 Å². The molecule has 0 rings (SSSR count). The van der Waals surface area contributed by atoms with E-state index in [2.05, 4.69) is 45.6 Å². The van der Waals surface area contributed by atoms with Crippen molar-refractivity contribution in [3.63, 3.8) is 0 Å². The van der Waals surface area contributed by atoms with Crippen LogP contribution in [0.4, 0.5) is 0 Å². The summed E-state index contributed by atoms with van der Waals surface area (Å²) in [6.07, 6.45) is 9.90. The Morgan fingerprint density at radius 2 is 2.00 bits per heavy atom. The Hall–Kier alpha value is -0.780. The molecule has 0 N–H and O–H groups in total. The van der Waals surface area contributed by atoms with Crippen molar-refractivity contribution < 1.29 is 0 Å². The molecule has 0 aromatic rings. The fourth-order valence-electron chi connectivity index (χ4n) is 1.03. The van der Waals surface area contributed by atoms with Crippen molar-refractivity contribution in [2.45, 2.75) is 40.0 Å². The molecule has 0 radical (unpaired) electrons. The predicted molar refractivity (Wildman–Crippen MR) is 57.2 cm³/mol. The Labute approximate surface area is 76.7 Å². The first-order valence-corrected chi connectivity index (χ1v) is 4.73. The summed E-state index contributed by atoms with van der Waals surface area (Å²) in [4.78, 5) is 0. The van der Waals surface area contributed by atoms with Gasteiger partial charge in [0, 0.05) is 0 Å². The van der Waals surface area contributed by atoms with Gasteiger partial charge in [0.05, 0.1) is 0 Å². The quantitative estimate of drug-likeness (QED) is 0.533. The van der Waals surface area contributed by atoms with Crippen LogP contribution in [0.25, 0.3) is 0 Å². The van der Waals surface area contributed by atoms with E-state index >= 15 is 0 Å². The second-order valence-corrected chi connectivity index (χ2v) is 3.06. The third-order valence-corrected chi connectivity index (χ3v) is 1.74. The van der Waals surface area contributed by atoms with Crippen LogP contribution < -0.4 is 0 Å². The van der Waals surface area contributed by atoms with Crippen molar-refractivity contribution in [3.8, 4) is 0 Å². The van der Waals surface area contributed by atoms with E-state index in [1.807, 2.05) is 0 Å². The normalized spacial score (nSPS) is 12.4. The highest BCUT2D eigenvalue weighted by Crippen LogP contribution is 2.13. The third kappa shape index (κ3) is 4.95. The lowest BCUT2D eigenvalue weighted by molar-refractivity contribution is 0.912. The molecule has 0 nitrogen and oxygen atoms in total. The molecule has 0 bridgehead atoms. The Bertz CT molecular complexity index is 182. The van der Waals surface area contributed by atoms with Crippen LogP contribution in [0.2, 0.25) is 0 Å². The Balaban J connectivity index is 4.18. The molecule has 0 heteroatoms. The summed E-state index contributed by atoms with van der Waals surface area (Å²) in [5.41, 5.74) is 2.57. The highest BCUT2D eigenvalue weighted by molar-refractivity contribution is 5.29. The number of allylic oxidation sites excluding steroid dienone is 5. The standard InChI is InChI=1S/C12H20/c1-5-7-8-10-12(9-6-2)11(3)4/h7-8,10H,3,5-6,9H2,1-2,4H3. The number of rotatable bonds is 5. The monoisotopic (exact) mass is 164 g/mol. The lowest BCUT2D eigenvalue weighted by Crippen LogP contribution is -1.82. The minimum absolute atomic E-state index is 1.10. The van der Waals surface area contributed by atoms with Gasteiger partial charge in [0.1, 0.15) is 0 Å². The zero-order valence-corrected chi connectivity index (χ0v) is 8.56. The summed E-state index contributed by atoms with van der Waals surface area (Å²) in [6, 6.07) is 0. The SMILES string of the molecule is C=C(C)C(=CC=CCC)CCC. The van der Waals surface area contributed by atoms with E-state index in [9.17, 15) is 0 Å². The van der Waals surface area contributed by atoms with Crippen LogP contribution in [0.1, 0.15) is 40.0 Å². The van der Waals surface area contributed by atoms with Crippen molar-refractivity contribution in [2.24, 2.45) is 0 Å². The molecule has 0 saturated carbocycles. The van der Waals surface area contributed by atoms with Gasteiger partial charge in [-0.3, -0.25) is 0 Å². The molecule has 0 aliphatic carbocycles. The molecule has 0 unspecified atom stereocenters. The first kappa shape index (κ1) is 11.2. The summed E-state index contributed by atoms with van der Waals surface area (Å²) in [5, 5.41) is 0. The van der Waals surface area contributed by atoms with E-state index in [-0.39, 0.29) is 0 Å². The van der Waals surface area contributed by atoms with E-state index in [4.69, 9.17) is 0 Å². The van der Waals surface area contributed by atoms with Gasteiger partial charge in [-0.25, -0.2) is 0 Å². The Morgan fingerprint density at radius 1 is 1.33 bits per heavy atom. The Kier molecular flexibility index (Phi) is 6.45. The molecule has 68 valence electrons. The maximum Gasteiger partial charge on any atom is -0.0279 e. The second-order valence-electron chi connectivity index (χ2n) is 3.06. The predicted octanol–water partition coefficient (Wildman–Crippen LogP) is 4.26. The maximum atomic E-state index is 3.95. The van der Waals surface area contributed by atoms with Crippen LogP contribution in [-0.4, -0.2) is 0 Å². The van der Waals surface area contributed by atoms with Gasteiger partial charge in [0.2, 0.25) is 0 Å². The first-order valence-electron chi connectivity index (χ1n) is 4.73. The van der Waals surface area contributed by atoms with E-state index in [1.165, 1.54) is 17.6 Å². The van der Waals surface area contributed by atoms with Gasteiger partial charge in [0.25, 0.3) is 0 Å². The van der Waals surface area contributed by atoms with E-state index in [1.54, 1.807) is 0 Å². The van der Waals surface area contributed by atoms with Crippen molar-refractivity contribution in [1.82, 2.24) is 0 Å². The molecule has 0 aromatic heterocycles. The zero-order valence-electron chi connectivity index (χ0n) is 8.56. The highest BCUT2D eigenvalue weighted by atomic mass is 14.0. The molecule has 0 heterocycles. The van der Waals surface area contributed by atoms with Crippen LogP contribution >= 0.6 is 0 Å². The fraction of sp³-hybridized carbons (Fsp3) is 0.500. The van der Waals surface area contributed by atoms with E-state index < -0.39 is 0 Å². The number of hydrogen-bond donors (Lipinski definition) is 0. The van der Waals surface area contributed by atoms with Gasteiger partial charge in [-0.15, -0.1) is 0 Å². The number of hydrogen-bond acceptors (Lipinski definition) is 0. The van der Waals surface area contributed by atoms with Gasteiger partial charge in [-0.1, -0.05) is 50.6 Å². The largest absolute Gasteiger partial charge is 0.0958 e. The lowest BCUT2D eigenvalue weighted by Gasteiger charge is -2.02. The Morgan fingerprint density at radius 3 is 2.42 bits per heavy atom. The maximum absolute atomic E-state index is 3.95. The third-order valence-electron chi connectivity index (χ3n) is 1.74. The summed E-state index contributed by atoms with van der Waals surface area (Å²) in [6.45, 7) is 10.4. The molecule has 0 aliphatic heterocycles. The van der Waals surface area contributed by atoms with E-state index in [0.29, 0.717) is 0 Å². The molecular weight excluding hydrogens is 144 g/mol. The average Bonchev–Trinajstić information content (AvgIpc) is 2.03. The minimum Gasteiger partial charge on any atom is -0.0958 e. The summed E-state index contributed by atoms with van der Waals surface area (Å²) < 4.78 is 0. The summed E-state index contributed by atoms with van der Waals surface area (Å²) in [5.74, 6) is 0. The molecule has 0 spiro atoms.